The van der Waals surface area contributed by atoms with Gasteiger partial charge >= 0.3 is 0 Å². The Morgan fingerprint density at radius 3 is 2.46 bits per heavy atom. The molecule has 0 N–H and O–H groups in total. The molecule has 188 valence electrons. The van der Waals surface area contributed by atoms with Crippen LogP contribution < -0.4 is 5.56 Å². The van der Waals surface area contributed by atoms with E-state index in [0.717, 1.165) is 27.4 Å². The van der Waals surface area contributed by atoms with Crippen molar-refractivity contribution in [3.05, 3.63) is 137 Å². The van der Waals surface area contributed by atoms with Gasteiger partial charge in [-0.1, -0.05) is 60.7 Å². The van der Waals surface area contributed by atoms with E-state index in [1.807, 2.05) is 72.9 Å². The second-order valence-electron chi connectivity index (χ2n) is 9.32. The predicted octanol–water partition coefficient (Wildman–Crippen LogP) is 6.83. The summed E-state index contributed by atoms with van der Waals surface area (Å²) >= 11 is 0. The molecule has 3 aromatic heterocycles. The Morgan fingerprint density at radius 2 is 1.62 bits per heavy atom. The average molecular weight is 513 g/mol. The van der Waals surface area contributed by atoms with Gasteiger partial charge in [0.15, 0.2) is 5.76 Å². The highest BCUT2D eigenvalue weighted by molar-refractivity contribution is 5.99. The number of furan rings is 1. The molecule has 0 aliphatic rings. The van der Waals surface area contributed by atoms with Crippen LogP contribution in [-0.2, 0) is 6.54 Å². The van der Waals surface area contributed by atoms with E-state index >= 15 is 0 Å². The lowest BCUT2D eigenvalue weighted by Crippen LogP contribution is -2.20. The average Bonchev–Trinajstić information content (AvgIpc) is 3.55. The van der Waals surface area contributed by atoms with Gasteiger partial charge in [0.1, 0.15) is 11.4 Å². The van der Waals surface area contributed by atoms with Crippen LogP contribution in [0.2, 0.25) is 0 Å². The Balaban J connectivity index is 1.37. The second-order valence-corrected chi connectivity index (χ2v) is 9.32. The van der Waals surface area contributed by atoms with E-state index < -0.39 is 0 Å². The molecule has 0 spiro atoms. The van der Waals surface area contributed by atoms with Crippen LogP contribution in [0.25, 0.3) is 44.4 Å². The maximum atomic E-state index is 13.6. The summed E-state index contributed by atoms with van der Waals surface area (Å²) in [6.45, 7) is 0.566. The number of hydrogen-bond donors (Lipinski definition) is 0. The highest BCUT2D eigenvalue weighted by atomic mass is 19.1. The molecule has 3 heterocycles. The van der Waals surface area contributed by atoms with E-state index in [0.29, 0.717) is 34.6 Å². The SMILES string of the molecule is O=c1c2ccccc2nc(-c2cc3ccccc3o2)n1N=Cc1cn(Cc2ccc(F)cc2)c2ccccc12. The number of para-hydroxylation sites is 3. The van der Waals surface area contributed by atoms with Gasteiger partial charge in [0.25, 0.3) is 5.56 Å². The molecule has 0 amide bonds. The van der Waals surface area contributed by atoms with E-state index in [9.17, 15) is 9.18 Å². The second kappa shape index (κ2) is 9.22. The van der Waals surface area contributed by atoms with Gasteiger partial charge in [-0.05, 0) is 48.0 Å². The molecule has 6 nitrogen and oxygen atoms in total. The Labute approximate surface area is 221 Å². The third-order valence-electron chi connectivity index (χ3n) is 6.80. The summed E-state index contributed by atoms with van der Waals surface area (Å²) in [5.74, 6) is 0.509. The van der Waals surface area contributed by atoms with Gasteiger partial charge in [0.05, 0.1) is 17.1 Å². The van der Waals surface area contributed by atoms with Gasteiger partial charge in [-0.15, -0.1) is 0 Å². The lowest BCUT2D eigenvalue weighted by atomic mass is 10.2. The zero-order valence-corrected chi connectivity index (χ0v) is 20.7. The maximum Gasteiger partial charge on any atom is 0.282 e. The van der Waals surface area contributed by atoms with Crippen LogP contribution in [-0.4, -0.2) is 20.4 Å². The summed E-state index contributed by atoms with van der Waals surface area (Å²) in [5.41, 5.74) is 3.80. The molecule has 0 saturated heterocycles. The number of halogens is 1. The Morgan fingerprint density at radius 1 is 0.872 bits per heavy atom. The van der Waals surface area contributed by atoms with Crippen LogP contribution in [0, 0.1) is 5.82 Å². The first-order valence-corrected chi connectivity index (χ1v) is 12.5. The smallest absolute Gasteiger partial charge is 0.282 e. The molecule has 0 atom stereocenters. The van der Waals surface area contributed by atoms with Crippen molar-refractivity contribution in [3.8, 4) is 11.6 Å². The van der Waals surface area contributed by atoms with Gasteiger partial charge < -0.3 is 8.98 Å². The lowest BCUT2D eigenvalue weighted by molar-refractivity contribution is 0.616. The first kappa shape index (κ1) is 22.9. The van der Waals surface area contributed by atoms with E-state index in [2.05, 4.69) is 9.67 Å². The molecule has 0 saturated carbocycles. The van der Waals surface area contributed by atoms with Crippen LogP contribution in [0.4, 0.5) is 4.39 Å². The Hall–Kier alpha value is -5.30. The first-order valence-electron chi connectivity index (χ1n) is 12.5. The number of nitrogens with zero attached hydrogens (tertiary/aromatic N) is 4. The predicted molar refractivity (Wildman–Crippen MR) is 152 cm³/mol. The topological polar surface area (TPSA) is 65.3 Å². The van der Waals surface area contributed by atoms with E-state index in [1.54, 1.807) is 30.5 Å². The minimum Gasteiger partial charge on any atom is -0.453 e. The molecule has 39 heavy (non-hydrogen) atoms. The van der Waals surface area contributed by atoms with Gasteiger partial charge in [-0.25, -0.2) is 9.37 Å². The first-order chi connectivity index (χ1) is 19.1. The van der Waals surface area contributed by atoms with Crippen LogP contribution in [0.3, 0.4) is 0 Å². The molecule has 0 bridgehead atoms. The molecular weight excluding hydrogens is 491 g/mol. The summed E-state index contributed by atoms with van der Waals surface area (Å²) < 4.78 is 22.9. The number of aromatic nitrogens is 3. The number of benzene rings is 4. The summed E-state index contributed by atoms with van der Waals surface area (Å²) in [5, 5.41) is 7.01. The zero-order valence-electron chi connectivity index (χ0n) is 20.7. The standard InChI is InChI=1S/C32H21FN4O2/c33-24-15-13-21(14-16-24)19-36-20-23(25-8-3-5-11-28(25)36)18-34-37-31(30-17-22-7-1-6-12-29(22)39-30)35-27-10-4-2-9-26(27)32(37)38/h1-18,20H,19H2. The van der Waals surface area contributed by atoms with Gasteiger partial charge in [-0.3, -0.25) is 4.79 Å². The molecule has 0 aliphatic carbocycles. The highest BCUT2D eigenvalue weighted by Crippen LogP contribution is 2.27. The lowest BCUT2D eigenvalue weighted by Gasteiger charge is -2.07. The van der Waals surface area contributed by atoms with Crippen molar-refractivity contribution in [2.45, 2.75) is 6.54 Å². The molecular formula is C32H21FN4O2. The monoisotopic (exact) mass is 512 g/mol. The molecule has 7 rings (SSSR count). The number of rotatable bonds is 5. The number of fused-ring (bicyclic) bond motifs is 3. The molecule has 0 aliphatic heterocycles. The minimum absolute atomic E-state index is 0.265. The molecule has 0 radical (unpaired) electrons. The van der Waals surface area contributed by atoms with E-state index in [-0.39, 0.29) is 11.4 Å². The van der Waals surface area contributed by atoms with Gasteiger partial charge in [0, 0.05) is 34.6 Å². The van der Waals surface area contributed by atoms with E-state index in [1.165, 1.54) is 16.8 Å². The third kappa shape index (κ3) is 4.10. The van der Waals surface area contributed by atoms with Crippen molar-refractivity contribution < 1.29 is 8.81 Å². The quantitative estimate of drug-likeness (QED) is 0.237. The summed E-state index contributed by atoms with van der Waals surface area (Å²) in [7, 11) is 0. The zero-order chi connectivity index (χ0) is 26.3. The highest BCUT2D eigenvalue weighted by Gasteiger charge is 2.17. The molecule has 0 fully saturated rings. The number of hydrogen-bond acceptors (Lipinski definition) is 4. The van der Waals surface area contributed by atoms with Crippen molar-refractivity contribution in [1.82, 2.24) is 14.2 Å². The van der Waals surface area contributed by atoms with Crippen molar-refractivity contribution in [2.75, 3.05) is 0 Å². The molecule has 7 heteroatoms. The molecule has 4 aromatic carbocycles. The van der Waals surface area contributed by atoms with E-state index in [4.69, 9.17) is 9.40 Å². The fourth-order valence-electron chi connectivity index (χ4n) is 4.90. The van der Waals surface area contributed by atoms with Crippen LogP contribution in [0.1, 0.15) is 11.1 Å². The fourth-order valence-corrected chi connectivity index (χ4v) is 4.90. The van der Waals surface area contributed by atoms with Crippen molar-refractivity contribution in [1.29, 1.82) is 0 Å². The fraction of sp³-hybridized carbons (Fsp3) is 0.0312. The summed E-state index contributed by atoms with van der Waals surface area (Å²) in [6, 6.07) is 31.2. The minimum atomic E-state index is -0.289. The normalized spacial score (nSPS) is 11.8. The van der Waals surface area contributed by atoms with Crippen LogP contribution >= 0.6 is 0 Å². The van der Waals surface area contributed by atoms with Crippen molar-refractivity contribution >= 4 is 39.0 Å². The summed E-state index contributed by atoms with van der Waals surface area (Å²) in [6.07, 6.45) is 3.66. The van der Waals surface area contributed by atoms with Gasteiger partial charge in [0.2, 0.25) is 5.82 Å². The van der Waals surface area contributed by atoms with Crippen molar-refractivity contribution in [3.63, 3.8) is 0 Å². The maximum absolute atomic E-state index is 13.6. The Kier molecular flexibility index (Phi) is 5.41. The van der Waals surface area contributed by atoms with Crippen LogP contribution in [0.5, 0.6) is 0 Å². The Bertz CT molecular complexity index is 2050. The molecule has 7 aromatic rings. The molecule has 0 unspecified atom stereocenters. The largest absolute Gasteiger partial charge is 0.453 e. The summed E-state index contributed by atoms with van der Waals surface area (Å²) in [4.78, 5) is 18.4. The third-order valence-corrected chi connectivity index (χ3v) is 6.80. The van der Waals surface area contributed by atoms with Crippen molar-refractivity contribution in [2.24, 2.45) is 5.10 Å². The van der Waals surface area contributed by atoms with Crippen LogP contribution in [0.15, 0.2) is 124 Å². The van der Waals surface area contributed by atoms with Gasteiger partial charge in [-0.2, -0.15) is 9.78 Å².